The Balaban J connectivity index is 2.25. The third kappa shape index (κ3) is 4.44. The normalized spacial score (nSPS) is 19.8. The number of allylic oxidation sites excluding steroid dienone is 2. The van der Waals surface area contributed by atoms with Crippen LogP contribution in [0.2, 0.25) is 5.02 Å². The number of amides is 1. The Morgan fingerprint density at radius 3 is 2.54 bits per heavy atom. The van der Waals surface area contributed by atoms with E-state index in [9.17, 15) is 23.1 Å². The number of halogens is 1. The highest BCUT2D eigenvalue weighted by Crippen LogP contribution is 2.16. The smallest absolute Gasteiger partial charge is 0.333 e. The lowest BCUT2D eigenvalue weighted by atomic mass is 10.0. The third-order valence-electron chi connectivity index (χ3n) is 3.28. The van der Waals surface area contributed by atoms with Gasteiger partial charge in [-0.15, -0.1) is 0 Å². The molecule has 128 valence electrons. The predicted molar refractivity (Wildman–Crippen MR) is 88.6 cm³/mol. The van der Waals surface area contributed by atoms with Gasteiger partial charge in [0.05, 0.1) is 11.3 Å². The summed E-state index contributed by atoms with van der Waals surface area (Å²) in [5.74, 6) is -2.52. The molecule has 0 aromatic heterocycles. The van der Waals surface area contributed by atoms with Crippen LogP contribution in [0, 0.1) is 0 Å². The van der Waals surface area contributed by atoms with Gasteiger partial charge in [0.15, 0.2) is 0 Å². The van der Waals surface area contributed by atoms with Crippen LogP contribution in [0.1, 0.15) is 12.5 Å². The predicted octanol–water partition coefficient (Wildman–Crippen LogP) is 1.17. The molecule has 0 fully saturated rings. The molecule has 1 aliphatic heterocycles. The zero-order chi connectivity index (χ0) is 17.9. The first-order valence-electron chi connectivity index (χ1n) is 6.88. The van der Waals surface area contributed by atoms with Crippen molar-refractivity contribution in [3.63, 3.8) is 0 Å². The molecule has 0 radical (unpaired) electrons. The topological polar surface area (TPSA) is 113 Å². The minimum Gasteiger partial charge on any atom is -0.478 e. The lowest BCUT2D eigenvalue weighted by Crippen LogP contribution is -2.51. The van der Waals surface area contributed by atoms with E-state index < -0.39 is 33.7 Å². The second-order valence-electron chi connectivity index (χ2n) is 5.07. The molecule has 24 heavy (non-hydrogen) atoms. The molecule has 1 aromatic rings. The van der Waals surface area contributed by atoms with E-state index in [-0.39, 0.29) is 5.57 Å². The van der Waals surface area contributed by atoms with Gasteiger partial charge in [-0.2, -0.15) is 4.72 Å². The van der Waals surface area contributed by atoms with Crippen molar-refractivity contribution in [2.45, 2.75) is 18.7 Å². The van der Waals surface area contributed by atoms with Gasteiger partial charge >= 0.3 is 5.97 Å². The Morgan fingerprint density at radius 1 is 1.38 bits per heavy atom. The van der Waals surface area contributed by atoms with Gasteiger partial charge in [0.1, 0.15) is 6.04 Å². The molecule has 1 unspecified atom stereocenters. The van der Waals surface area contributed by atoms with Crippen LogP contribution < -0.4 is 10.0 Å². The minimum absolute atomic E-state index is 0.297. The Hall–Kier alpha value is -2.16. The van der Waals surface area contributed by atoms with E-state index in [1.807, 2.05) is 0 Å². The van der Waals surface area contributed by atoms with E-state index in [2.05, 4.69) is 10.0 Å². The van der Waals surface area contributed by atoms with Gasteiger partial charge in [-0.05, 0) is 30.7 Å². The summed E-state index contributed by atoms with van der Waals surface area (Å²) in [4.78, 5) is 23.4. The van der Waals surface area contributed by atoms with Crippen LogP contribution in [-0.4, -0.2) is 31.4 Å². The maximum atomic E-state index is 12.3. The fraction of sp³-hybridized carbons (Fsp3) is 0.200. The number of aliphatic carboxylic acids is 1. The summed E-state index contributed by atoms with van der Waals surface area (Å²) in [6, 6.07) is 4.66. The number of sulfonamides is 1. The SMILES string of the molecule is C/C=C1/C=C(C(=O)O)C(NS(=O)(=O)Cc2ccc(Cl)cc2)C(=O)N1. The summed E-state index contributed by atoms with van der Waals surface area (Å²) in [6.45, 7) is 1.62. The van der Waals surface area contributed by atoms with Crippen LogP contribution in [0.25, 0.3) is 0 Å². The molecule has 1 aliphatic rings. The summed E-state index contributed by atoms with van der Waals surface area (Å²) in [5, 5.41) is 12.1. The van der Waals surface area contributed by atoms with Crippen LogP contribution >= 0.6 is 11.6 Å². The first-order valence-corrected chi connectivity index (χ1v) is 8.91. The van der Waals surface area contributed by atoms with Crippen molar-refractivity contribution in [3.05, 3.63) is 58.3 Å². The van der Waals surface area contributed by atoms with Gasteiger partial charge in [-0.3, -0.25) is 4.79 Å². The van der Waals surface area contributed by atoms with Crippen molar-refractivity contribution in [1.82, 2.24) is 10.0 Å². The molecule has 7 nitrogen and oxygen atoms in total. The number of carboxylic acid groups (broad SMARTS) is 1. The van der Waals surface area contributed by atoms with E-state index in [0.29, 0.717) is 16.3 Å². The number of carboxylic acids is 1. The zero-order valence-corrected chi connectivity index (χ0v) is 14.2. The molecule has 1 amide bonds. The van der Waals surface area contributed by atoms with Crippen molar-refractivity contribution >= 4 is 33.5 Å². The molecule has 2 rings (SSSR count). The summed E-state index contributed by atoms with van der Waals surface area (Å²) in [5.41, 5.74) is 0.412. The van der Waals surface area contributed by atoms with Gasteiger partial charge in [0, 0.05) is 10.7 Å². The first-order chi connectivity index (χ1) is 11.2. The van der Waals surface area contributed by atoms with Gasteiger partial charge < -0.3 is 10.4 Å². The molecule has 1 atom stereocenters. The number of hydrogen-bond donors (Lipinski definition) is 3. The number of carbonyl (C=O) groups excluding carboxylic acids is 1. The highest BCUT2D eigenvalue weighted by molar-refractivity contribution is 7.88. The zero-order valence-electron chi connectivity index (χ0n) is 12.6. The lowest BCUT2D eigenvalue weighted by Gasteiger charge is -2.24. The number of hydrogen-bond acceptors (Lipinski definition) is 4. The van der Waals surface area contributed by atoms with Crippen molar-refractivity contribution in [3.8, 4) is 0 Å². The third-order valence-corrected chi connectivity index (χ3v) is 4.84. The monoisotopic (exact) mass is 370 g/mol. The van der Waals surface area contributed by atoms with Gasteiger partial charge in [-0.1, -0.05) is 29.8 Å². The van der Waals surface area contributed by atoms with Crippen molar-refractivity contribution in [1.29, 1.82) is 0 Å². The lowest BCUT2D eigenvalue weighted by molar-refractivity contribution is -0.134. The molecule has 0 bridgehead atoms. The van der Waals surface area contributed by atoms with Crippen molar-refractivity contribution in [2.24, 2.45) is 0 Å². The summed E-state index contributed by atoms with van der Waals surface area (Å²) >= 11 is 5.74. The van der Waals surface area contributed by atoms with E-state index in [1.54, 1.807) is 19.1 Å². The molecule has 0 saturated heterocycles. The summed E-state index contributed by atoms with van der Waals surface area (Å²) in [6.07, 6.45) is 2.73. The fourth-order valence-electron chi connectivity index (χ4n) is 2.12. The molecule has 9 heteroatoms. The van der Waals surface area contributed by atoms with Crippen LogP contribution in [-0.2, 0) is 25.4 Å². The Morgan fingerprint density at radius 2 is 2.00 bits per heavy atom. The summed E-state index contributed by atoms with van der Waals surface area (Å²) in [7, 11) is -3.95. The number of rotatable bonds is 5. The summed E-state index contributed by atoms with van der Waals surface area (Å²) < 4.78 is 26.7. The van der Waals surface area contributed by atoms with Crippen LogP contribution in [0.4, 0.5) is 0 Å². The van der Waals surface area contributed by atoms with Crippen LogP contribution in [0.15, 0.2) is 47.7 Å². The molecule has 0 aliphatic carbocycles. The minimum atomic E-state index is -3.95. The van der Waals surface area contributed by atoms with Crippen LogP contribution in [0.5, 0.6) is 0 Å². The number of nitrogens with one attached hydrogen (secondary N) is 2. The Bertz CT molecular complexity index is 828. The molecule has 0 saturated carbocycles. The van der Waals surface area contributed by atoms with E-state index in [0.717, 1.165) is 0 Å². The maximum Gasteiger partial charge on any atom is 0.333 e. The number of benzene rings is 1. The maximum absolute atomic E-state index is 12.3. The second-order valence-corrected chi connectivity index (χ2v) is 7.26. The van der Waals surface area contributed by atoms with E-state index >= 15 is 0 Å². The van der Waals surface area contributed by atoms with Crippen LogP contribution in [0.3, 0.4) is 0 Å². The molecule has 1 heterocycles. The molecule has 3 N–H and O–H groups in total. The van der Waals surface area contributed by atoms with Gasteiger partial charge in [0.2, 0.25) is 15.9 Å². The largest absolute Gasteiger partial charge is 0.478 e. The first kappa shape index (κ1) is 18.2. The highest BCUT2D eigenvalue weighted by Gasteiger charge is 2.34. The Kier molecular flexibility index (Phi) is 5.43. The van der Waals surface area contributed by atoms with E-state index in [1.165, 1.54) is 24.3 Å². The average Bonchev–Trinajstić information content (AvgIpc) is 2.50. The van der Waals surface area contributed by atoms with Crippen molar-refractivity contribution < 1.29 is 23.1 Å². The van der Waals surface area contributed by atoms with Gasteiger partial charge in [-0.25, -0.2) is 13.2 Å². The number of carbonyl (C=O) groups is 2. The quantitative estimate of drug-likeness (QED) is 0.720. The van der Waals surface area contributed by atoms with Crippen molar-refractivity contribution in [2.75, 3.05) is 0 Å². The average molecular weight is 371 g/mol. The molecular formula is C15H15ClN2O5S. The second kappa shape index (κ2) is 7.16. The Labute approximate surface area is 144 Å². The van der Waals surface area contributed by atoms with E-state index in [4.69, 9.17) is 11.6 Å². The highest BCUT2D eigenvalue weighted by atomic mass is 35.5. The molecule has 0 spiro atoms. The van der Waals surface area contributed by atoms with Gasteiger partial charge in [0.25, 0.3) is 0 Å². The standard InChI is InChI=1S/C15H15ClN2O5S/c1-2-11-7-12(15(20)21)13(14(19)17-11)18-24(22,23)8-9-3-5-10(16)6-4-9/h2-7,13,18H,8H2,1H3,(H,17,19)(H,20,21)/b11-2-. The molecule has 1 aromatic carbocycles. The fourth-order valence-corrected chi connectivity index (χ4v) is 3.56. The molecular weight excluding hydrogens is 356 g/mol.